The minimum atomic E-state index is -0.332. The summed E-state index contributed by atoms with van der Waals surface area (Å²) in [7, 11) is 1.68. The van der Waals surface area contributed by atoms with Crippen molar-refractivity contribution < 1.29 is 14.3 Å². The summed E-state index contributed by atoms with van der Waals surface area (Å²) in [6.45, 7) is 2.85. The van der Waals surface area contributed by atoms with Gasteiger partial charge in [-0.2, -0.15) is 0 Å². The van der Waals surface area contributed by atoms with E-state index < -0.39 is 0 Å². The second-order valence-electron chi connectivity index (χ2n) is 8.98. The standard InChI is InChI=1S/C26H32N2O3/c1-19-9-11-20(12-10-19)18-26(15-13-24(29)27-26)16-14-25(30)28-17-5-7-22(28)21-6-3-4-8-23(21)31-2/h3-4,6,8-12,22H,5,7,13-18H2,1-2H3,(H,27,29). The number of hydrogen-bond acceptors (Lipinski definition) is 3. The summed E-state index contributed by atoms with van der Waals surface area (Å²) < 4.78 is 5.54. The van der Waals surface area contributed by atoms with Crippen molar-refractivity contribution in [2.75, 3.05) is 13.7 Å². The van der Waals surface area contributed by atoms with Gasteiger partial charge in [-0.25, -0.2) is 0 Å². The van der Waals surface area contributed by atoms with Crippen LogP contribution in [-0.4, -0.2) is 35.9 Å². The average Bonchev–Trinajstić information content (AvgIpc) is 3.41. The lowest BCUT2D eigenvalue weighted by Gasteiger charge is -2.31. The van der Waals surface area contributed by atoms with Crippen LogP contribution in [0, 0.1) is 6.92 Å². The zero-order chi connectivity index (χ0) is 21.8. The maximum Gasteiger partial charge on any atom is 0.223 e. The zero-order valence-corrected chi connectivity index (χ0v) is 18.5. The van der Waals surface area contributed by atoms with E-state index in [0.717, 1.165) is 43.5 Å². The molecule has 4 rings (SSSR count). The van der Waals surface area contributed by atoms with Crippen LogP contribution < -0.4 is 10.1 Å². The van der Waals surface area contributed by atoms with Gasteiger partial charge in [0.1, 0.15) is 5.75 Å². The Labute approximate surface area is 184 Å². The Hall–Kier alpha value is -2.82. The van der Waals surface area contributed by atoms with E-state index in [0.29, 0.717) is 19.3 Å². The molecule has 0 bridgehead atoms. The molecule has 5 nitrogen and oxygen atoms in total. The van der Waals surface area contributed by atoms with E-state index in [4.69, 9.17) is 4.74 Å². The molecule has 2 aliphatic rings. The second kappa shape index (κ2) is 9.13. The lowest BCUT2D eigenvalue weighted by Crippen LogP contribution is -2.45. The van der Waals surface area contributed by atoms with Crippen molar-refractivity contribution >= 4 is 11.8 Å². The van der Waals surface area contributed by atoms with Crippen molar-refractivity contribution in [2.45, 2.75) is 63.5 Å². The Balaban J connectivity index is 1.46. The molecular weight excluding hydrogens is 388 g/mol. The Morgan fingerprint density at radius 1 is 1.19 bits per heavy atom. The van der Waals surface area contributed by atoms with Crippen LogP contribution in [0.25, 0.3) is 0 Å². The van der Waals surface area contributed by atoms with Gasteiger partial charge in [-0.15, -0.1) is 0 Å². The quantitative estimate of drug-likeness (QED) is 0.725. The first-order valence-electron chi connectivity index (χ1n) is 11.3. The van der Waals surface area contributed by atoms with Crippen LogP contribution in [0.3, 0.4) is 0 Å². The van der Waals surface area contributed by atoms with Crippen LogP contribution in [0.1, 0.15) is 61.3 Å². The van der Waals surface area contributed by atoms with Gasteiger partial charge in [0.05, 0.1) is 13.2 Å². The van der Waals surface area contributed by atoms with Crippen molar-refractivity contribution in [1.82, 2.24) is 10.2 Å². The number of rotatable bonds is 7. The normalized spacial score (nSPS) is 23.1. The molecule has 2 atom stereocenters. The largest absolute Gasteiger partial charge is 0.496 e. The number of carbonyl (C=O) groups is 2. The molecule has 0 spiro atoms. The summed E-state index contributed by atoms with van der Waals surface area (Å²) in [5.41, 5.74) is 3.18. The molecule has 2 aliphatic heterocycles. The zero-order valence-electron chi connectivity index (χ0n) is 18.5. The first-order chi connectivity index (χ1) is 15.0. The Kier molecular flexibility index (Phi) is 6.30. The number of benzene rings is 2. The van der Waals surface area contributed by atoms with Crippen LogP contribution in [0.15, 0.2) is 48.5 Å². The summed E-state index contributed by atoms with van der Waals surface area (Å²) in [5.74, 6) is 1.09. The minimum Gasteiger partial charge on any atom is -0.496 e. The summed E-state index contributed by atoms with van der Waals surface area (Å²) in [5, 5.41) is 3.21. The Morgan fingerprint density at radius 2 is 1.97 bits per heavy atom. The van der Waals surface area contributed by atoms with E-state index in [1.807, 2.05) is 23.1 Å². The molecule has 0 radical (unpaired) electrons. The maximum absolute atomic E-state index is 13.3. The van der Waals surface area contributed by atoms with Crippen LogP contribution >= 0.6 is 0 Å². The molecule has 2 fully saturated rings. The third kappa shape index (κ3) is 4.76. The van der Waals surface area contributed by atoms with Gasteiger partial charge < -0.3 is 15.0 Å². The van der Waals surface area contributed by atoms with Crippen molar-refractivity contribution in [3.05, 3.63) is 65.2 Å². The molecule has 0 aliphatic carbocycles. The molecule has 2 aromatic rings. The third-order valence-electron chi connectivity index (χ3n) is 6.79. The van der Waals surface area contributed by atoms with Gasteiger partial charge in [0, 0.05) is 30.5 Å². The van der Waals surface area contributed by atoms with Gasteiger partial charge in [-0.05, 0) is 50.7 Å². The molecule has 0 saturated carbocycles. The number of nitrogens with one attached hydrogen (secondary N) is 1. The van der Waals surface area contributed by atoms with Crippen LogP contribution in [0.5, 0.6) is 5.75 Å². The molecule has 1 N–H and O–H groups in total. The molecule has 2 heterocycles. The molecule has 2 amide bonds. The van der Waals surface area contributed by atoms with E-state index >= 15 is 0 Å². The Bertz CT molecular complexity index is 940. The van der Waals surface area contributed by atoms with Crippen molar-refractivity contribution in [2.24, 2.45) is 0 Å². The van der Waals surface area contributed by atoms with Gasteiger partial charge in [-0.3, -0.25) is 9.59 Å². The molecular formula is C26H32N2O3. The average molecular weight is 421 g/mol. The number of carbonyl (C=O) groups excluding carboxylic acids is 2. The molecule has 2 unspecified atom stereocenters. The van der Waals surface area contributed by atoms with E-state index in [9.17, 15) is 9.59 Å². The number of aryl methyl sites for hydroxylation is 1. The minimum absolute atomic E-state index is 0.0647. The molecule has 5 heteroatoms. The lowest BCUT2D eigenvalue weighted by molar-refractivity contribution is -0.132. The van der Waals surface area contributed by atoms with E-state index in [2.05, 4.69) is 42.6 Å². The fourth-order valence-corrected chi connectivity index (χ4v) is 5.10. The highest BCUT2D eigenvalue weighted by Gasteiger charge is 2.39. The summed E-state index contributed by atoms with van der Waals surface area (Å²) >= 11 is 0. The summed E-state index contributed by atoms with van der Waals surface area (Å²) in [6.07, 6.45) is 5.15. The number of methoxy groups -OCH3 is 1. The first-order valence-corrected chi connectivity index (χ1v) is 11.3. The molecule has 164 valence electrons. The van der Waals surface area contributed by atoms with Gasteiger partial charge in [0.2, 0.25) is 11.8 Å². The highest BCUT2D eigenvalue weighted by molar-refractivity contribution is 5.80. The summed E-state index contributed by atoms with van der Waals surface area (Å²) in [4.78, 5) is 27.4. The number of nitrogens with zero attached hydrogens (tertiary/aromatic N) is 1. The predicted molar refractivity (Wildman–Crippen MR) is 121 cm³/mol. The number of para-hydroxylation sites is 1. The first kappa shape index (κ1) is 21.4. The van der Waals surface area contributed by atoms with Crippen LogP contribution in [-0.2, 0) is 16.0 Å². The number of ether oxygens (including phenoxy) is 1. The third-order valence-corrected chi connectivity index (χ3v) is 6.79. The molecule has 2 aromatic carbocycles. The number of hydrogen-bond donors (Lipinski definition) is 1. The van der Waals surface area contributed by atoms with Gasteiger partial charge in [0.25, 0.3) is 0 Å². The van der Waals surface area contributed by atoms with Gasteiger partial charge in [-0.1, -0.05) is 48.0 Å². The smallest absolute Gasteiger partial charge is 0.223 e. The van der Waals surface area contributed by atoms with E-state index in [-0.39, 0.29) is 23.4 Å². The van der Waals surface area contributed by atoms with Gasteiger partial charge >= 0.3 is 0 Å². The summed E-state index contributed by atoms with van der Waals surface area (Å²) in [6, 6.07) is 16.5. The van der Waals surface area contributed by atoms with Gasteiger partial charge in [0.15, 0.2) is 0 Å². The highest BCUT2D eigenvalue weighted by Crippen LogP contribution is 2.38. The lowest BCUT2D eigenvalue weighted by atomic mass is 9.84. The molecule has 31 heavy (non-hydrogen) atoms. The predicted octanol–water partition coefficient (Wildman–Crippen LogP) is 4.34. The van der Waals surface area contributed by atoms with Crippen molar-refractivity contribution in [1.29, 1.82) is 0 Å². The fraction of sp³-hybridized carbons (Fsp3) is 0.462. The van der Waals surface area contributed by atoms with Crippen molar-refractivity contribution in [3.8, 4) is 5.75 Å². The molecule has 0 aromatic heterocycles. The van der Waals surface area contributed by atoms with Crippen LogP contribution in [0.2, 0.25) is 0 Å². The fourth-order valence-electron chi connectivity index (χ4n) is 5.10. The van der Waals surface area contributed by atoms with Crippen molar-refractivity contribution in [3.63, 3.8) is 0 Å². The maximum atomic E-state index is 13.3. The number of amides is 2. The topological polar surface area (TPSA) is 58.6 Å². The van der Waals surface area contributed by atoms with E-state index in [1.165, 1.54) is 11.1 Å². The second-order valence-corrected chi connectivity index (χ2v) is 8.98. The van der Waals surface area contributed by atoms with E-state index in [1.54, 1.807) is 7.11 Å². The monoisotopic (exact) mass is 420 g/mol. The molecule has 2 saturated heterocycles. The number of likely N-dealkylation sites (tertiary alicyclic amines) is 1. The highest BCUT2D eigenvalue weighted by atomic mass is 16.5. The SMILES string of the molecule is COc1ccccc1C1CCCN1C(=O)CCC1(Cc2ccc(C)cc2)CCC(=O)N1. The van der Waals surface area contributed by atoms with Crippen LogP contribution in [0.4, 0.5) is 0 Å². The Morgan fingerprint density at radius 3 is 2.68 bits per heavy atom.